The molecule has 11 heteroatoms. The summed E-state index contributed by atoms with van der Waals surface area (Å²) in [7, 11) is -2.08. The Morgan fingerprint density at radius 3 is 1.96 bits per heavy atom. The molecule has 0 radical (unpaired) electrons. The van der Waals surface area contributed by atoms with Gasteiger partial charge in [0.2, 0.25) is 5.11 Å². The van der Waals surface area contributed by atoms with Gasteiger partial charge >= 0.3 is 0 Å². The third-order valence-electron chi connectivity index (χ3n) is 2.68. The van der Waals surface area contributed by atoms with Crippen molar-refractivity contribution in [2.75, 3.05) is 7.05 Å². The molecule has 0 unspecified atom stereocenters. The predicted octanol–water partition coefficient (Wildman–Crippen LogP) is 0.685. The lowest BCUT2D eigenvalue weighted by Gasteiger charge is -2.09. The Morgan fingerprint density at radius 2 is 1.46 bits per heavy atom. The van der Waals surface area contributed by atoms with Crippen molar-refractivity contribution in [1.29, 1.82) is 0 Å². The summed E-state index contributed by atoms with van der Waals surface area (Å²) in [5.41, 5.74) is 6.13. The number of rotatable bonds is 5. The highest BCUT2D eigenvalue weighted by molar-refractivity contribution is 7.91. The smallest absolute Gasteiger partial charge is 0.263 e. The SMILES string of the molecule is CNC(=S)NN=C(C)C(C)=NNC(=S)NS(=O)(=O)c1ccccc1. The van der Waals surface area contributed by atoms with Crippen molar-refractivity contribution in [2.24, 2.45) is 10.2 Å². The second-order valence-corrected chi connectivity index (χ2v) is 6.94. The van der Waals surface area contributed by atoms with Crippen molar-refractivity contribution >= 4 is 56.1 Å². The second kappa shape index (κ2) is 9.25. The normalized spacial score (nSPS) is 12.3. The summed E-state index contributed by atoms with van der Waals surface area (Å²) >= 11 is 9.83. The van der Waals surface area contributed by atoms with Crippen molar-refractivity contribution in [2.45, 2.75) is 18.7 Å². The fourth-order valence-electron chi connectivity index (χ4n) is 1.29. The third-order valence-corrected chi connectivity index (χ3v) is 4.67. The standard InChI is InChI=1S/C13H18N6O2S3/c1-9(15-17-12(22)14-3)10(2)16-18-13(23)19-24(20,21)11-7-5-4-6-8-11/h4-8H,1-3H3,(H2,14,17,22)(H2,18,19,23). The molecule has 0 aliphatic carbocycles. The molecule has 0 heterocycles. The minimum Gasteiger partial charge on any atom is -0.364 e. The van der Waals surface area contributed by atoms with Gasteiger partial charge in [0.05, 0.1) is 16.3 Å². The first kappa shape index (κ1) is 19.9. The maximum Gasteiger partial charge on any atom is 0.263 e. The molecule has 0 saturated heterocycles. The lowest BCUT2D eigenvalue weighted by Crippen LogP contribution is -2.37. The van der Waals surface area contributed by atoms with Gasteiger partial charge < -0.3 is 5.32 Å². The van der Waals surface area contributed by atoms with Crippen LogP contribution in [-0.2, 0) is 10.0 Å². The van der Waals surface area contributed by atoms with E-state index in [1.54, 1.807) is 39.1 Å². The lowest BCUT2D eigenvalue weighted by atomic mass is 10.3. The molecule has 24 heavy (non-hydrogen) atoms. The van der Waals surface area contributed by atoms with Gasteiger partial charge in [-0.05, 0) is 50.4 Å². The Labute approximate surface area is 151 Å². The summed E-state index contributed by atoms with van der Waals surface area (Å²) in [5.74, 6) is 0. The van der Waals surface area contributed by atoms with Gasteiger partial charge in [-0.15, -0.1) is 0 Å². The van der Waals surface area contributed by atoms with E-state index in [0.29, 0.717) is 16.5 Å². The molecule has 0 fully saturated rings. The number of benzene rings is 1. The Bertz CT molecular complexity index is 759. The molecule has 1 aromatic carbocycles. The van der Waals surface area contributed by atoms with Crippen molar-refractivity contribution in [1.82, 2.24) is 20.9 Å². The van der Waals surface area contributed by atoms with Gasteiger partial charge in [0.25, 0.3) is 10.0 Å². The zero-order valence-electron chi connectivity index (χ0n) is 13.3. The topological polar surface area (TPSA) is 107 Å². The molecule has 0 aromatic heterocycles. The van der Waals surface area contributed by atoms with Crippen LogP contribution < -0.4 is 20.9 Å². The number of thiocarbonyl (C=S) groups is 2. The summed E-state index contributed by atoms with van der Waals surface area (Å²) in [6.45, 7) is 3.40. The van der Waals surface area contributed by atoms with Crippen LogP contribution in [-0.4, -0.2) is 37.1 Å². The number of nitrogens with one attached hydrogen (secondary N) is 4. The van der Waals surface area contributed by atoms with E-state index < -0.39 is 10.0 Å². The van der Waals surface area contributed by atoms with E-state index in [1.807, 2.05) is 0 Å². The second-order valence-electron chi connectivity index (χ2n) is 4.44. The Hall–Kier alpha value is -2.11. The van der Waals surface area contributed by atoms with Crippen LogP contribution >= 0.6 is 24.4 Å². The van der Waals surface area contributed by atoms with E-state index in [-0.39, 0.29) is 10.0 Å². The highest BCUT2D eigenvalue weighted by Gasteiger charge is 2.14. The minimum absolute atomic E-state index is 0.109. The van der Waals surface area contributed by atoms with Crippen LogP contribution in [0.3, 0.4) is 0 Å². The molecular formula is C13H18N6O2S3. The monoisotopic (exact) mass is 386 g/mol. The van der Waals surface area contributed by atoms with Gasteiger partial charge in [-0.2, -0.15) is 10.2 Å². The molecule has 0 saturated carbocycles. The largest absolute Gasteiger partial charge is 0.364 e. The summed E-state index contributed by atoms with van der Waals surface area (Å²) in [6.07, 6.45) is 0. The average Bonchev–Trinajstić information content (AvgIpc) is 2.57. The number of sulfonamides is 1. The number of nitrogens with zero attached hydrogens (tertiary/aromatic N) is 2. The first-order chi connectivity index (χ1) is 11.3. The van der Waals surface area contributed by atoms with Gasteiger partial charge in [-0.25, -0.2) is 8.42 Å². The van der Waals surface area contributed by atoms with E-state index in [2.05, 4.69) is 31.1 Å². The quantitative estimate of drug-likeness (QED) is 0.335. The van der Waals surface area contributed by atoms with Crippen LogP contribution in [0.1, 0.15) is 13.8 Å². The van der Waals surface area contributed by atoms with Crippen molar-refractivity contribution in [3.63, 3.8) is 0 Å². The maximum absolute atomic E-state index is 12.1. The molecule has 0 atom stereocenters. The molecule has 0 bridgehead atoms. The minimum atomic E-state index is -3.74. The lowest BCUT2D eigenvalue weighted by molar-refractivity contribution is 0.592. The van der Waals surface area contributed by atoms with E-state index in [9.17, 15) is 8.42 Å². The highest BCUT2D eigenvalue weighted by Crippen LogP contribution is 2.06. The van der Waals surface area contributed by atoms with Gasteiger partial charge in [0.1, 0.15) is 0 Å². The fourth-order valence-corrected chi connectivity index (χ4v) is 2.63. The molecule has 4 N–H and O–H groups in total. The Balaban J connectivity index is 2.66. The first-order valence-electron chi connectivity index (χ1n) is 6.70. The van der Waals surface area contributed by atoms with Gasteiger partial charge in [0, 0.05) is 7.05 Å². The Morgan fingerprint density at radius 1 is 0.958 bits per heavy atom. The van der Waals surface area contributed by atoms with Crippen LogP contribution in [0, 0.1) is 0 Å². The molecular weight excluding hydrogens is 368 g/mol. The van der Waals surface area contributed by atoms with Crippen LogP contribution in [0.2, 0.25) is 0 Å². The molecule has 0 amide bonds. The number of hydrogen-bond acceptors (Lipinski definition) is 6. The molecule has 1 aromatic rings. The van der Waals surface area contributed by atoms with E-state index >= 15 is 0 Å². The van der Waals surface area contributed by atoms with Gasteiger partial charge in [0.15, 0.2) is 5.11 Å². The average molecular weight is 387 g/mol. The molecule has 1 rings (SSSR count). The molecule has 0 aliphatic rings. The summed E-state index contributed by atoms with van der Waals surface area (Å²) < 4.78 is 26.4. The zero-order chi connectivity index (χ0) is 18.2. The van der Waals surface area contributed by atoms with Crippen LogP contribution in [0.25, 0.3) is 0 Å². The third kappa shape index (κ3) is 6.56. The summed E-state index contributed by atoms with van der Waals surface area (Å²) in [6, 6.07) is 7.89. The van der Waals surface area contributed by atoms with Gasteiger partial charge in [-0.1, -0.05) is 18.2 Å². The van der Waals surface area contributed by atoms with E-state index in [4.69, 9.17) is 24.4 Å². The first-order valence-corrected chi connectivity index (χ1v) is 9.00. The number of hydrogen-bond donors (Lipinski definition) is 4. The number of hydrazone groups is 2. The van der Waals surface area contributed by atoms with Crippen molar-refractivity contribution in [3.05, 3.63) is 30.3 Å². The molecule has 8 nitrogen and oxygen atoms in total. The van der Waals surface area contributed by atoms with Crippen LogP contribution in [0.5, 0.6) is 0 Å². The van der Waals surface area contributed by atoms with Crippen molar-refractivity contribution in [3.8, 4) is 0 Å². The van der Waals surface area contributed by atoms with E-state index in [1.165, 1.54) is 12.1 Å². The van der Waals surface area contributed by atoms with Gasteiger partial charge in [-0.3, -0.25) is 15.6 Å². The molecule has 130 valence electrons. The van der Waals surface area contributed by atoms with Crippen LogP contribution in [0.15, 0.2) is 45.4 Å². The Kier molecular flexibility index (Phi) is 7.68. The fraction of sp³-hybridized carbons (Fsp3) is 0.231. The maximum atomic E-state index is 12.1. The van der Waals surface area contributed by atoms with E-state index in [0.717, 1.165) is 0 Å². The van der Waals surface area contributed by atoms with Crippen LogP contribution in [0.4, 0.5) is 0 Å². The zero-order valence-corrected chi connectivity index (χ0v) is 15.8. The van der Waals surface area contributed by atoms with Crippen molar-refractivity contribution < 1.29 is 8.42 Å². The summed E-state index contributed by atoms with van der Waals surface area (Å²) in [4.78, 5) is 0.109. The summed E-state index contributed by atoms with van der Waals surface area (Å²) in [5, 5.41) is 10.9. The predicted molar refractivity (Wildman–Crippen MR) is 104 cm³/mol. The molecule has 0 aliphatic heterocycles. The highest BCUT2D eigenvalue weighted by atomic mass is 32.2. The molecule has 0 spiro atoms.